The molecule has 0 amide bonds. The van der Waals surface area contributed by atoms with Crippen LogP contribution in [0.25, 0.3) is 16.8 Å². The van der Waals surface area contributed by atoms with Gasteiger partial charge in [-0.15, -0.1) is 0 Å². The van der Waals surface area contributed by atoms with E-state index in [0.717, 1.165) is 18.4 Å². The molecule has 0 aromatic heterocycles. The van der Waals surface area contributed by atoms with E-state index in [1.165, 1.54) is 21.9 Å². The summed E-state index contributed by atoms with van der Waals surface area (Å²) in [7, 11) is 0. The third-order valence-corrected chi connectivity index (χ3v) is 4.47. The van der Waals surface area contributed by atoms with Gasteiger partial charge in [0.2, 0.25) is 0 Å². The summed E-state index contributed by atoms with van der Waals surface area (Å²) in [5.41, 5.74) is 3.50. The Kier molecular flexibility index (Phi) is 2.10. The first-order valence-electron chi connectivity index (χ1n) is 6.72. The van der Waals surface area contributed by atoms with Gasteiger partial charge in [0, 0.05) is 5.92 Å². The highest BCUT2D eigenvalue weighted by atomic mass is 16.4. The fourth-order valence-electron chi connectivity index (χ4n) is 3.61. The molecule has 1 N–H and O–H groups in total. The van der Waals surface area contributed by atoms with Crippen LogP contribution in [0.4, 0.5) is 0 Å². The van der Waals surface area contributed by atoms with Gasteiger partial charge in [-0.2, -0.15) is 0 Å². The number of hydrogen-bond acceptors (Lipinski definition) is 1. The van der Waals surface area contributed by atoms with Crippen molar-refractivity contribution in [3.05, 3.63) is 53.1 Å². The summed E-state index contributed by atoms with van der Waals surface area (Å²) in [5.74, 6) is -0.638. The summed E-state index contributed by atoms with van der Waals surface area (Å²) < 4.78 is 0. The molecule has 0 saturated carbocycles. The van der Waals surface area contributed by atoms with Gasteiger partial charge in [0.1, 0.15) is 0 Å². The molecule has 4 rings (SSSR count). The smallest absolute Gasteiger partial charge is 0.310 e. The van der Waals surface area contributed by atoms with Gasteiger partial charge in [0.05, 0.1) is 5.92 Å². The SMILES string of the molecule is O=C(O)C1CCC2C=Cc3cccc4ccc1c2c34. The van der Waals surface area contributed by atoms with Crippen LogP contribution in [0.3, 0.4) is 0 Å². The van der Waals surface area contributed by atoms with Gasteiger partial charge in [0.15, 0.2) is 0 Å². The molecule has 94 valence electrons. The Labute approximate surface area is 111 Å². The van der Waals surface area contributed by atoms with E-state index in [1.807, 2.05) is 6.07 Å². The minimum atomic E-state index is -0.693. The summed E-state index contributed by atoms with van der Waals surface area (Å²) >= 11 is 0. The molecule has 0 aliphatic heterocycles. The Hall–Kier alpha value is -2.09. The number of rotatable bonds is 1. The number of allylic oxidation sites excluding steroid dienone is 1. The highest BCUT2D eigenvalue weighted by molar-refractivity contribution is 5.98. The second kappa shape index (κ2) is 3.70. The number of carbonyl (C=O) groups is 1. The van der Waals surface area contributed by atoms with E-state index in [4.69, 9.17) is 0 Å². The molecule has 2 aromatic rings. The first-order valence-corrected chi connectivity index (χ1v) is 6.72. The van der Waals surface area contributed by atoms with Crippen molar-refractivity contribution in [2.75, 3.05) is 0 Å². The summed E-state index contributed by atoms with van der Waals surface area (Å²) in [4.78, 5) is 11.4. The van der Waals surface area contributed by atoms with Crippen molar-refractivity contribution in [1.29, 1.82) is 0 Å². The van der Waals surface area contributed by atoms with E-state index in [2.05, 4.69) is 36.4 Å². The number of benzene rings is 2. The zero-order chi connectivity index (χ0) is 13.0. The van der Waals surface area contributed by atoms with E-state index in [0.29, 0.717) is 5.92 Å². The molecule has 19 heavy (non-hydrogen) atoms. The normalized spacial score (nSPS) is 23.6. The molecule has 0 radical (unpaired) electrons. The van der Waals surface area contributed by atoms with E-state index >= 15 is 0 Å². The molecule has 2 unspecified atom stereocenters. The number of carboxylic acid groups (broad SMARTS) is 1. The third kappa shape index (κ3) is 1.40. The average molecular weight is 250 g/mol. The quantitative estimate of drug-likeness (QED) is 0.833. The molecule has 0 spiro atoms. The Balaban J connectivity index is 2.10. The van der Waals surface area contributed by atoms with Gasteiger partial charge in [-0.1, -0.05) is 42.5 Å². The van der Waals surface area contributed by atoms with E-state index in [-0.39, 0.29) is 5.92 Å². The molecule has 2 nitrogen and oxygen atoms in total. The first kappa shape index (κ1) is 10.8. The summed E-state index contributed by atoms with van der Waals surface area (Å²) in [6, 6.07) is 10.4. The lowest BCUT2D eigenvalue weighted by Gasteiger charge is -2.31. The van der Waals surface area contributed by atoms with Gasteiger partial charge in [-0.05, 0) is 40.3 Å². The standard InChI is InChI=1S/C17H14O2/c18-17(19)14-9-7-12-5-4-10-2-1-3-11-6-8-13(14)16(12)15(10)11/h1-6,8,12,14H,7,9H2,(H,18,19). The maximum absolute atomic E-state index is 11.4. The van der Waals surface area contributed by atoms with Crippen molar-refractivity contribution in [2.24, 2.45) is 0 Å². The molecule has 2 aromatic carbocycles. The van der Waals surface area contributed by atoms with Gasteiger partial charge >= 0.3 is 5.97 Å². The summed E-state index contributed by atoms with van der Waals surface area (Å²) in [6.45, 7) is 0. The number of aliphatic carboxylic acids is 1. The van der Waals surface area contributed by atoms with Gasteiger partial charge < -0.3 is 5.11 Å². The van der Waals surface area contributed by atoms with Crippen LogP contribution in [-0.2, 0) is 4.79 Å². The van der Waals surface area contributed by atoms with Crippen molar-refractivity contribution in [3.63, 3.8) is 0 Å². The van der Waals surface area contributed by atoms with Crippen LogP contribution in [0.2, 0.25) is 0 Å². The monoisotopic (exact) mass is 250 g/mol. The third-order valence-electron chi connectivity index (χ3n) is 4.47. The lowest BCUT2D eigenvalue weighted by atomic mass is 9.72. The van der Waals surface area contributed by atoms with Crippen molar-refractivity contribution in [2.45, 2.75) is 24.7 Å². The average Bonchev–Trinajstić information content (AvgIpc) is 2.44. The minimum Gasteiger partial charge on any atom is -0.481 e. The van der Waals surface area contributed by atoms with Crippen molar-refractivity contribution in [3.8, 4) is 0 Å². The van der Waals surface area contributed by atoms with Gasteiger partial charge in [-0.3, -0.25) is 4.79 Å². The van der Waals surface area contributed by atoms with E-state index < -0.39 is 5.97 Å². The molecular weight excluding hydrogens is 236 g/mol. The second-order valence-electron chi connectivity index (χ2n) is 5.45. The number of carboxylic acids is 1. The molecule has 2 heteroatoms. The lowest BCUT2D eigenvalue weighted by Crippen LogP contribution is -2.21. The van der Waals surface area contributed by atoms with Crippen LogP contribution in [0.15, 0.2) is 36.4 Å². The molecule has 0 heterocycles. The molecule has 0 fully saturated rings. The maximum Gasteiger partial charge on any atom is 0.310 e. The fourth-order valence-corrected chi connectivity index (χ4v) is 3.61. The summed E-state index contributed by atoms with van der Waals surface area (Å²) in [5, 5.41) is 11.9. The maximum atomic E-state index is 11.4. The molecular formula is C17H14O2. The topological polar surface area (TPSA) is 37.3 Å². The molecule has 0 bridgehead atoms. The Bertz CT molecular complexity index is 727. The highest BCUT2D eigenvalue weighted by Gasteiger charge is 2.33. The van der Waals surface area contributed by atoms with Gasteiger partial charge in [-0.25, -0.2) is 0 Å². The van der Waals surface area contributed by atoms with Crippen LogP contribution in [0, 0.1) is 0 Å². The minimum absolute atomic E-state index is 0.338. The predicted octanol–water partition coefficient (Wildman–Crippen LogP) is 3.91. The van der Waals surface area contributed by atoms with E-state index in [1.54, 1.807) is 0 Å². The van der Waals surface area contributed by atoms with Crippen molar-refractivity contribution >= 4 is 22.8 Å². The molecule has 0 saturated heterocycles. The van der Waals surface area contributed by atoms with Crippen LogP contribution >= 0.6 is 0 Å². The van der Waals surface area contributed by atoms with E-state index in [9.17, 15) is 9.90 Å². The predicted molar refractivity (Wildman–Crippen MR) is 75.3 cm³/mol. The molecule has 2 atom stereocenters. The fraction of sp³-hybridized carbons (Fsp3) is 0.235. The zero-order valence-electron chi connectivity index (χ0n) is 10.5. The van der Waals surface area contributed by atoms with Crippen LogP contribution in [-0.4, -0.2) is 11.1 Å². The largest absolute Gasteiger partial charge is 0.481 e. The Morgan fingerprint density at radius 2 is 2.05 bits per heavy atom. The van der Waals surface area contributed by atoms with Gasteiger partial charge in [0.25, 0.3) is 0 Å². The van der Waals surface area contributed by atoms with Crippen LogP contribution < -0.4 is 0 Å². The Morgan fingerprint density at radius 1 is 1.16 bits per heavy atom. The molecule has 2 aliphatic carbocycles. The highest BCUT2D eigenvalue weighted by Crippen LogP contribution is 2.46. The van der Waals surface area contributed by atoms with Crippen molar-refractivity contribution in [1.82, 2.24) is 0 Å². The molecule has 2 aliphatic rings. The van der Waals surface area contributed by atoms with Crippen molar-refractivity contribution < 1.29 is 9.90 Å². The zero-order valence-corrected chi connectivity index (χ0v) is 10.5. The first-order chi connectivity index (χ1) is 9.25. The second-order valence-corrected chi connectivity index (χ2v) is 5.45. The summed E-state index contributed by atoms with van der Waals surface area (Å²) in [6.07, 6.45) is 6.10. The van der Waals surface area contributed by atoms with Crippen LogP contribution in [0.1, 0.15) is 41.4 Å². The number of hydrogen-bond donors (Lipinski definition) is 1. The van der Waals surface area contributed by atoms with Crippen LogP contribution in [0.5, 0.6) is 0 Å². The lowest BCUT2D eigenvalue weighted by molar-refractivity contribution is -0.139. The Morgan fingerprint density at radius 3 is 2.89 bits per heavy atom.